The zero-order chi connectivity index (χ0) is 33.2. The third kappa shape index (κ3) is 27.6. The van der Waals surface area contributed by atoms with Gasteiger partial charge in [-0.3, -0.25) is 9.59 Å². The van der Waals surface area contributed by atoms with Crippen LogP contribution < -0.4 is 0 Å². The van der Waals surface area contributed by atoms with Gasteiger partial charge in [-0.15, -0.1) is 0 Å². The molecule has 5 nitrogen and oxygen atoms in total. The molecular formula is C39H75NO4S. The lowest BCUT2D eigenvalue weighted by atomic mass is 9.94. The summed E-state index contributed by atoms with van der Waals surface area (Å²) in [5, 5.41) is 0. The van der Waals surface area contributed by atoms with E-state index in [4.69, 9.17) is 21.7 Å². The van der Waals surface area contributed by atoms with Crippen molar-refractivity contribution in [3.63, 3.8) is 0 Å². The summed E-state index contributed by atoms with van der Waals surface area (Å²) in [6.07, 6.45) is 29.9. The van der Waals surface area contributed by atoms with E-state index in [1.54, 1.807) is 5.49 Å². The number of thiocarbonyl (C=S) groups is 1. The molecule has 0 saturated heterocycles. The van der Waals surface area contributed by atoms with Gasteiger partial charge in [0.15, 0.2) is 0 Å². The second-order valence-corrected chi connectivity index (χ2v) is 13.6. The normalized spacial score (nSPS) is 12.5. The number of ether oxygens (including phenoxy) is 2. The summed E-state index contributed by atoms with van der Waals surface area (Å²) >= 11 is 5.25. The summed E-state index contributed by atoms with van der Waals surface area (Å²) in [5.74, 6) is 0.0684. The molecule has 0 amide bonds. The van der Waals surface area contributed by atoms with Gasteiger partial charge in [0.1, 0.15) is 0 Å². The minimum atomic E-state index is -0.00826. The van der Waals surface area contributed by atoms with Crippen molar-refractivity contribution >= 4 is 29.6 Å². The molecule has 0 aromatic heterocycles. The van der Waals surface area contributed by atoms with Gasteiger partial charge in [-0.05, 0) is 38.5 Å². The second-order valence-electron chi connectivity index (χ2n) is 13.4. The van der Waals surface area contributed by atoms with Crippen molar-refractivity contribution in [1.29, 1.82) is 0 Å². The molecule has 0 spiro atoms. The molecule has 0 radical (unpaired) electrons. The molecule has 0 aromatic carbocycles. The molecule has 2 atom stereocenters. The Bertz CT molecular complexity index is 621. The number of hydrogen-bond donors (Lipinski definition) is 0. The third-order valence-electron chi connectivity index (χ3n) is 9.11. The lowest BCUT2D eigenvalue weighted by Gasteiger charge is -2.20. The van der Waals surface area contributed by atoms with E-state index in [-0.39, 0.29) is 23.8 Å². The highest BCUT2D eigenvalue weighted by Crippen LogP contribution is 2.22. The standard InChI is InChI=1S/C39H75NO4S/c1-5-9-13-17-19-23-29-36(27-21-15-11-7-3)38(41)43-33-25-31-40(35-45)32-26-34-44-39(42)37(28-22-16-12-8-4)30-24-20-18-14-10-6-2/h35-37H,5-34H2,1-4H3. The first-order valence-corrected chi connectivity index (χ1v) is 20.0. The van der Waals surface area contributed by atoms with Gasteiger partial charge in [-0.2, -0.15) is 0 Å². The lowest BCUT2D eigenvalue weighted by Crippen LogP contribution is -2.27. The molecule has 266 valence electrons. The van der Waals surface area contributed by atoms with Gasteiger partial charge in [-0.1, -0.05) is 168 Å². The SMILES string of the molecule is CCCCCCCCC(CCCCCC)C(=O)OCCCN(C=S)CCCOC(=O)C(CCCCCC)CCCCCCCC. The van der Waals surface area contributed by atoms with E-state index in [9.17, 15) is 9.59 Å². The van der Waals surface area contributed by atoms with E-state index < -0.39 is 0 Å². The van der Waals surface area contributed by atoms with E-state index in [1.807, 2.05) is 0 Å². The molecule has 0 heterocycles. The Hall–Kier alpha value is -1.17. The topological polar surface area (TPSA) is 55.8 Å². The highest BCUT2D eigenvalue weighted by atomic mass is 32.1. The average molecular weight is 654 g/mol. The van der Waals surface area contributed by atoms with Crippen LogP contribution in [0.25, 0.3) is 0 Å². The van der Waals surface area contributed by atoms with Gasteiger partial charge >= 0.3 is 11.9 Å². The Labute approximate surface area is 285 Å². The van der Waals surface area contributed by atoms with Crippen LogP contribution >= 0.6 is 12.2 Å². The number of carbonyl (C=O) groups is 2. The smallest absolute Gasteiger partial charge is 0.308 e. The number of esters is 2. The van der Waals surface area contributed by atoms with Crippen molar-refractivity contribution in [2.45, 2.75) is 195 Å². The Kier molecular flexibility index (Phi) is 33.3. The van der Waals surface area contributed by atoms with Gasteiger partial charge in [0.05, 0.1) is 30.5 Å². The van der Waals surface area contributed by atoms with Crippen molar-refractivity contribution in [2.75, 3.05) is 26.3 Å². The van der Waals surface area contributed by atoms with Crippen LogP contribution in [0, 0.1) is 11.8 Å². The molecule has 0 aliphatic heterocycles. The summed E-state index contributed by atoms with van der Waals surface area (Å²) in [6, 6.07) is 0. The molecule has 0 fully saturated rings. The zero-order valence-electron chi connectivity index (χ0n) is 30.4. The number of hydrogen-bond acceptors (Lipinski definition) is 5. The average Bonchev–Trinajstić information content (AvgIpc) is 3.05. The summed E-state index contributed by atoms with van der Waals surface area (Å²) in [5.41, 5.74) is 1.69. The van der Waals surface area contributed by atoms with Crippen LogP contribution in [0.3, 0.4) is 0 Å². The fourth-order valence-electron chi connectivity index (χ4n) is 6.07. The van der Waals surface area contributed by atoms with Gasteiger partial charge in [0.25, 0.3) is 0 Å². The minimum Gasteiger partial charge on any atom is -0.465 e. The van der Waals surface area contributed by atoms with Crippen molar-refractivity contribution in [1.82, 2.24) is 4.90 Å². The van der Waals surface area contributed by atoms with Crippen LogP contribution in [-0.2, 0) is 19.1 Å². The molecule has 0 rings (SSSR count). The largest absolute Gasteiger partial charge is 0.465 e. The Morgan fingerprint density at radius 2 is 0.778 bits per heavy atom. The van der Waals surface area contributed by atoms with E-state index in [1.165, 1.54) is 103 Å². The van der Waals surface area contributed by atoms with Crippen LogP contribution in [0.2, 0.25) is 0 Å². The fraction of sp³-hybridized carbons (Fsp3) is 0.923. The van der Waals surface area contributed by atoms with Crippen molar-refractivity contribution in [2.24, 2.45) is 11.8 Å². The number of rotatable bonds is 35. The van der Waals surface area contributed by atoms with E-state index in [0.29, 0.717) is 13.2 Å². The van der Waals surface area contributed by atoms with Gasteiger partial charge in [0, 0.05) is 13.1 Å². The maximum atomic E-state index is 12.9. The van der Waals surface area contributed by atoms with Crippen molar-refractivity contribution in [3.05, 3.63) is 0 Å². The molecule has 0 saturated carbocycles. The summed E-state index contributed by atoms with van der Waals surface area (Å²) < 4.78 is 11.5. The number of unbranched alkanes of at least 4 members (excludes halogenated alkanes) is 16. The van der Waals surface area contributed by atoms with Crippen LogP contribution in [-0.4, -0.2) is 48.6 Å². The fourth-order valence-corrected chi connectivity index (χ4v) is 6.28. The monoisotopic (exact) mass is 654 g/mol. The van der Waals surface area contributed by atoms with Gasteiger partial charge in [0.2, 0.25) is 0 Å². The molecule has 0 N–H and O–H groups in total. The van der Waals surface area contributed by atoms with E-state index in [2.05, 4.69) is 32.6 Å². The molecular weight excluding hydrogens is 578 g/mol. The van der Waals surface area contributed by atoms with Gasteiger partial charge < -0.3 is 14.4 Å². The molecule has 0 bridgehead atoms. The maximum Gasteiger partial charge on any atom is 0.308 e. The van der Waals surface area contributed by atoms with Crippen LogP contribution in [0.4, 0.5) is 0 Å². The second kappa shape index (κ2) is 34.2. The molecule has 45 heavy (non-hydrogen) atoms. The molecule has 2 unspecified atom stereocenters. The quantitative estimate of drug-likeness (QED) is 0.0385. The van der Waals surface area contributed by atoms with Crippen LogP contribution in [0.1, 0.15) is 195 Å². The zero-order valence-corrected chi connectivity index (χ0v) is 31.3. The summed E-state index contributed by atoms with van der Waals surface area (Å²) in [7, 11) is 0. The predicted molar refractivity (Wildman–Crippen MR) is 197 cm³/mol. The van der Waals surface area contributed by atoms with E-state index in [0.717, 1.165) is 77.3 Å². The van der Waals surface area contributed by atoms with Crippen molar-refractivity contribution in [3.8, 4) is 0 Å². The molecule has 0 aromatic rings. The molecule has 6 heteroatoms. The first-order valence-electron chi connectivity index (χ1n) is 19.6. The maximum absolute atomic E-state index is 12.9. The van der Waals surface area contributed by atoms with Gasteiger partial charge in [-0.25, -0.2) is 0 Å². The predicted octanol–water partition coefficient (Wildman–Crippen LogP) is 11.8. The summed E-state index contributed by atoms with van der Waals surface area (Å²) in [6.45, 7) is 11.3. The highest BCUT2D eigenvalue weighted by molar-refractivity contribution is 7.78. The minimum absolute atomic E-state index is 0.00826. The first-order chi connectivity index (χ1) is 22.0. The van der Waals surface area contributed by atoms with Crippen LogP contribution in [0.15, 0.2) is 0 Å². The Morgan fingerprint density at radius 3 is 1.09 bits per heavy atom. The van der Waals surface area contributed by atoms with Crippen molar-refractivity contribution < 1.29 is 19.1 Å². The number of carbonyl (C=O) groups excluding carboxylic acids is 2. The third-order valence-corrected chi connectivity index (χ3v) is 9.41. The van der Waals surface area contributed by atoms with E-state index >= 15 is 0 Å². The highest BCUT2D eigenvalue weighted by Gasteiger charge is 2.20. The Balaban J connectivity index is 4.42. The molecule has 0 aliphatic carbocycles. The Morgan fingerprint density at radius 1 is 0.489 bits per heavy atom. The van der Waals surface area contributed by atoms with Crippen LogP contribution in [0.5, 0.6) is 0 Å². The number of nitrogens with zero attached hydrogens (tertiary/aromatic N) is 1. The lowest BCUT2D eigenvalue weighted by molar-refractivity contribution is -0.150. The summed E-state index contributed by atoms with van der Waals surface area (Å²) in [4.78, 5) is 27.9. The first kappa shape index (κ1) is 43.8. The molecule has 0 aliphatic rings.